The number of benzene rings is 2. The van der Waals surface area contributed by atoms with E-state index < -0.39 is 11.8 Å². The molecule has 0 heterocycles. The molecule has 0 atom stereocenters. The lowest BCUT2D eigenvalue weighted by Crippen LogP contribution is -2.05. The number of para-hydroxylation sites is 1. The zero-order valence-corrected chi connectivity index (χ0v) is 11.4. The van der Waals surface area contributed by atoms with E-state index in [0.717, 1.165) is 0 Å². The van der Waals surface area contributed by atoms with E-state index in [9.17, 15) is 9.18 Å². The normalized spacial score (nSPS) is 9.95. The fourth-order valence-corrected chi connectivity index (χ4v) is 1.98. The lowest BCUT2D eigenvalue weighted by atomic mass is 10.1. The topological polar surface area (TPSA) is 70.3 Å². The number of aromatic carboxylic acids is 1. The minimum absolute atomic E-state index is 0.0339. The Kier molecular flexibility index (Phi) is 4.41. The summed E-state index contributed by atoms with van der Waals surface area (Å²) >= 11 is 5.90. The van der Waals surface area contributed by atoms with Gasteiger partial charge in [-0.3, -0.25) is 0 Å². The predicted octanol–water partition coefficient (Wildman–Crippen LogP) is 3.63. The van der Waals surface area contributed by atoms with E-state index in [4.69, 9.17) is 26.7 Å². The Morgan fingerprint density at radius 3 is 2.71 bits per heavy atom. The van der Waals surface area contributed by atoms with Gasteiger partial charge in [0, 0.05) is 5.56 Å². The number of carboxylic acids is 1. The Bertz CT molecular complexity index is 740. The number of carboxylic acid groups (broad SMARTS) is 1. The Labute approximate surface area is 125 Å². The zero-order valence-electron chi connectivity index (χ0n) is 10.6. The summed E-state index contributed by atoms with van der Waals surface area (Å²) in [7, 11) is 0. The summed E-state index contributed by atoms with van der Waals surface area (Å²) in [5.74, 6) is -1.92. The van der Waals surface area contributed by atoms with Crippen molar-refractivity contribution in [3.05, 3.63) is 63.9 Å². The van der Waals surface area contributed by atoms with E-state index in [0.29, 0.717) is 0 Å². The maximum Gasteiger partial charge on any atom is 0.339 e. The van der Waals surface area contributed by atoms with Gasteiger partial charge in [-0.2, -0.15) is 5.26 Å². The minimum Gasteiger partial charge on any atom is -0.486 e. The Morgan fingerprint density at radius 1 is 1.33 bits per heavy atom. The molecule has 1 N–H and O–H groups in total. The second-order valence-corrected chi connectivity index (χ2v) is 4.51. The van der Waals surface area contributed by atoms with Gasteiger partial charge in [0.25, 0.3) is 0 Å². The molecule has 2 rings (SSSR count). The number of nitriles is 1. The van der Waals surface area contributed by atoms with Crippen LogP contribution in [0.3, 0.4) is 0 Å². The van der Waals surface area contributed by atoms with Crippen LogP contribution in [0, 0.1) is 17.1 Å². The molecular formula is C15H9ClFNO3. The molecule has 0 bridgehead atoms. The van der Waals surface area contributed by atoms with Crippen LogP contribution in [-0.2, 0) is 6.61 Å². The lowest BCUT2D eigenvalue weighted by molar-refractivity contribution is 0.0691. The van der Waals surface area contributed by atoms with Gasteiger partial charge >= 0.3 is 5.97 Å². The van der Waals surface area contributed by atoms with Gasteiger partial charge in [-0.05, 0) is 18.2 Å². The van der Waals surface area contributed by atoms with Crippen LogP contribution in [0.25, 0.3) is 0 Å². The summed E-state index contributed by atoms with van der Waals surface area (Å²) in [6.45, 7) is -0.231. The molecule has 2 aromatic rings. The highest BCUT2D eigenvalue weighted by molar-refractivity contribution is 6.32. The van der Waals surface area contributed by atoms with Crippen molar-refractivity contribution < 1.29 is 19.0 Å². The summed E-state index contributed by atoms with van der Waals surface area (Å²) in [4.78, 5) is 11.1. The molecule has 2 aromatic carbocycles. The first-order valence-electron chi connectivity index (χ1n) is 5.86. The Balaban J connectivity index is 2.30. The standard InChI is InChI=1S/C15H9ClFNO3/c16-12-6-2-5-11(15(19)20)14(12)21-8-10-4-1-3-9(7-18)13(10)17/h1-6H,8H2,(H,19,20). The Hall–Kier alpha value is -2.58. The molecule has 106 valence electrons. The van der Waals surface area contributed by atoms with Crippen molar-refractivity contribution >= 4 is 17.6 Å². The van der Waals surface area contributed by atoms with Crippen LogP contribution >= 0.6 is 11.6 Å². The molecule has 4 nitrogen and oxygen atoms in total. The lowest BCUT2D eigenvalue weighted by Gasteiger charge is -2.11. The molecule has 0 aliphatic heterocycles. The fourth-order valence-electron chi connectivity index (χ4n) is 1.75. The summed E-state index contributed by atoms with van der Waals surface area (Å²) in [5, 5.41) is 17.9. The first-order valence-corrected chi connectivity index (χ1v) is 6.24. The number of carbonyl (C=O) groups is 1. The van der Waals surface area contributed by atoms with Crippen molar-refractivity contribution in [3.63, 3.8) is 0 Å². The van der Waals surface area contributed by atoms with Gasteiger partial charge in [-0.25, -0.2) is 9.18 Å². The fraction of sp³-hybridized carbons (Fsp3) is 0.0667. The third-order valence-electron chi connectivity index (χ3n) is 2.77. The van der Waals surface area contributed by atoms with Crippen LogP contribution in [0.1, 0.15) is 21.5 Å². The number of halogens is 2. The second kappa shape index (κ2) is 6.25. The van der Waals surface area contributed by atoms with Gasteiger partial charge < -0.3 is 9.84 Å². The third kappa shape index (κ3) is 3.12. The van der Waals surface area contributed by atoms with E-state index in [1.54, 1.807) is 6.07 Å². The maximum absolute atomic E-state index is 13.9. The largest absolute Gasteiger partial charge is 0.486 e. The van der Waals surface area contributed by atoms with E-state index in [2.05, 4.69) is 0 Å². The van der Waals surface area contributed by atoms with E-state index >= 15 is 0 Å². The third-order valence-corrected chi connectivity index (χ3v) is 3.07. The van der Waals surface area contributed by atoms with Crippen molar-refractivity contribution in [2.75, 3.05) is 0 Å². The van der Waals surface area contributed by atoms with E-state index in [1.165, 1.54) is 36.4 Å². The van der Waals surface area contributed by atoms with Crippen LogP contribution in [0.4, 0.5) is 4.39 Å². The summed E-state index contributed by atoms with van der Waals surface area (Å²) in [6, 6.07) is 10.3. The number of nitrogens with zero attached hydrogens (tertiary/aromatic N) is 1. The van der Waals surface area contributed by atoms with Crippen LogP contribution in [0.15, 0.2) is 36.4 Å². The predicted molar refractivity (Wildman–Crippen MR) is 73.9 cm³/mol. The number of hydrogen-bond acceptors (Lipinski definition) is 3. The second-order valence-electron chi connectivity index (χ2n) is 4.10. The molecule has 0 fully saturated rings. The van der Waals surface area contributed by atoms with Crippen molar-refractivity contribution in [2.24, 2.45) is 0 Å². The highest BCUT2D eigenvalue weighted by atomic mass is 35.5. The van der Waals surface area contributed by atoms with Crippen LogP contribution < -0.4 is 4.74 Å². The molecule has 6 heteroatoms. The summed E-state index contributed by atoms with van der Waals surface area (Å²) < 4.78 is 19.2. The smallest absolute Gasteiger partial charge is 0.339 e. The van der Waals surface area contributed by atoms with Gasteiger partial charge in [-0.15, -0.1) is 0 Å². The van der Waals surface area contributed by atoms with Gasteiger partial charge in [-0.1, -0.05) is 29.8 Å². The monoisotopic (exact) mass is 305 g/mol. The number of hydrogen-bond donors (Lipinski definition) is 1. The quantitative estimate of drug-likeness (QED) is 0.936. The molecule has 0 saturated carbocycles. The van der Waals surface area contributed by atoms with Crippen LogP contribution in [0.5, 0.6) is 5.75 Å². The van der Waals surface area contributed by atoms with Crippen molar-refractivity contribution in [2.45, 2.75) is 6.61 Å². The van der Waals surface area contributed by atoms with Crippen molar-refractivity contribution in [3.8, 4) is 11.8 Å². The van der Waals surface area contributed by atoms with Gasteiger partial charge in [0.2, 0.25) is 0 Å². The molecule has 0 aromatic heterocycles. The molecular weight excluding hydrogens is 297 g/mol. The number of ether oxygens (including phenoxy) is 1. The summed E-state index contributed by atoms with van der Waals surface area (Å²) in [6.07, 6.45) is 0. The first kappa shape index (κ1) is 14.8. The molecule has 0 spiro atoms. The molecule has 0 aliphatic carbocycles. The molecule has 0 saturated heterocycles. The summed E-state index contributed by atoms with van der Waals surface area (Å²) in [5.41, 5.74) is -0.0710. The Morgan fingerprint density at radius 2 is 2.05 bits per heavy atom. The van der Waals surface area contributed by atoms with Crippen LogP contribution in [-0.4, -0.2) is 11.1 Å². The van der Waals surface area contributed by atoms with E-state index in [1.807, 2.05) is 0 Å². The average Bonchev–Trinajstić information content (AvgIpc) is 2.47. The first-order chi connectivity index (χ1) is 10.0. The highest BCUT2D eigenvalue weighted by Gasteiger charge is 2.16. The molecule has 0 unspecified atom stereocenters. The molecule has 0 radical (unpaired) electrons. The average molecular weight is 306 g/mol. The van der Waals surface area contributed by atoms with Crippen molar-refractivity contribution in [1.29, 1.82) is 5.26 Å². The SMILES string of the molecule is N#Cc1cccc(COc2c(Cl)cccc2C(=O)O)c1F. The highest BCUT2D eigenvalue weighted by Crippen LogP contribution is 2.29. The van der Waals surface area contributed by atoms with Gasteiger partial charge in [0.15, 0.2) is 5.75 Å². The van der Waals surface area contributed by atoms with Gasteiger partial charge in [0.05, 0.1) is 10.6 Å². The zero-order chi connectivity index (χ0) is 15.4. The number of rotatable bonds is 4. The molecule has 21 heavy (non-hydrogen) atoms. The molecule has 0 amide bonds. The van der Waals surface area contributed by atoms with Crippen LogP contribution in [0.2, 0.25) is 5.02 Å². The van der Waals surface area contributed by atoms with Crippen molar-refractivity contribution in [1.82, 2.24) is 0 Å². The molecule has 0 aliphatic rings. The minimum atomic E-state index is -1.20. The van der Waals surface area contributed by atoms with Gasteiger partial charge in [0.1, 0.15) is 24.1 Å². The van der Waals surface area contributed by atoms with E-state index in [-0.39, 0.29) is 34.1 Å². The maximum atomic E-state index is 13.9.